The van der Waals surface area contributed by atoms with E-state index in [-0.39, 0.29) is 0 Å². The Bertz CT molecular complexity index is 426. The molecule has 14 heavy (non-hydrogen) atoms. The van der Waals surface area contributed by atoms with Gasteiger partial charge in [-0.3, -0.25) is 0 Å². The summed E-state index contributed by atoms with van der Waals surface area (Å²) in [5.41, 5.74) is 0.925. The van der Waals surface area contributed by atoms with Crippen molar-refractivity contribution in [3.05, 3.63) is 46.7 Å². The Morgan fingerprint density at radius 3 is 2.79 bits per heavy atom. The highest BCUT2D eigenvalue weighted by molar-refractivity contribution is 6.32. The van der Waals surface area contributed by atoms with Crippen molar-refractivity contribution in [3.8, 4) is 0 Å². The number of pyridine rings is 1. The monoisotopic (exact) mass is 227 g/mol. The van der Waals surface area contributed by atoms with E-state index in [9.17, 15) is 0 Å². The summed E-state index contributed by atoms with van der Waals surface area (Å²) in [5.74, 6) is 0. The van der Waals surface area contributed by atoms with E-state index in [2.05, 4.69) is 9.97 Å². The van der Waals surface area contributed by atoms with Gasteiger partial charge in [0.2, 0.25) is 0 Å². The van der Waals surface area contributed by atoms with E-state index in [1.54, 1.807) is 18.6 Å². The maximum atomic E-state index is 5.92. The molecule has 0 spiro atoms. The second kappa shape index (κ2) is 3.98. The number of imidazole rings is 1. The first kappa shape index (κ1) is 9.49. The molecule has 0 atom stereocenters. The summed E-state index contributed by atoms with van der Waals surface area (Å²) in [6.07, 6.45) is 5.31. The quantitative estimate of drug-likeness (QED) is 0.739. The zero-order valence-corrected chi connectivity index (χ0v) is 8.70. The van der Waals surface area contributed by atoms with Crippen molar-refractivity contribution in [2.75, 3.05) is 0 Å². The largest absolute Gasteiger partial charge is 0.333 e. The first-order valence-corrected chi connectivity index (χ1v) is 4.78. The molecule has 0 aromatic carbocycles. The molecule has 3 nitrogen and oxygen atoms in total. The number of nitrogens with zero attached hydrogens (tertiary/aromatic N) is 3. The van der Waals surface area contributed by atoms with Crippen LogP contribution in [0.25, 0.3) is 0 Å². The molecule has 0 aliphatic rings. The molecule has 0 unspecified atom stereocenters. The average Bonchev–Trinajstić information content (AvgIpc) is 2.62. The van der Waals surface area contributed by atoms with Gasteiger partial charge in [-0.05, 0) is 6.07 Å². The highest BCUT2D eigenvalue weighted by Crippen LogP contribution is 2.17. The van der Waals surface area contributed by atoms with Crippen LogP contribution in [0.15, 0.2) is 30.9 Å². The summed E-state index contributed by atoms with van der Waals surface area (Å²) >= 11 is 11.6. The van der Waals surface area contributed by atoms with Crippen LogP contribution < -0.4 is 0 Å². The minimum Gasteiger partial charge on any atom is -0.333 e. The summed E-state index contributed by atoms with van der Waals surface area (Å²) in [6, 6.07) is 3.58. The molecular formula is C9H7Cl2N3. The molecule has 0 saturated heterocycles. The van der Waals surface area contributed by atoms with E-state index in [0.29, 0.717) is 16.9 Å². The van der Waals surface area contributed by atoms with Gasteiger partial charge < -0.3 is 4.57 Å². The van der Waals surface area contributed by atoms with Gasteiger partial charge in [-0.15, -0.1) is 0 Å². The van der Waals surface area contributed by atoms with E-state index < -0.39 is 0 Å². The average molecular weight is 228 g/mol. The Morgan fingerprint density at radius 2 is 2.14 bits per heavy atom. The predicted molar refractivity (Wildman–Crippen MR) is 55.6 cm³/mol. The predicted octanol–water partition coefficient (Wildman–Crippen LogP) is 2.63. The fourth-order valence-electron chi connectivity index (χ4n) is 1.14. The summed E-state index contributed by atoms with van der Waals surface area (Å²) < 4.78 is 1.91. The van der Waals surface area contributed by atoms with E-state index in [4.69, 9.17) is 23.2 Å². The van der Waals surface area contributed by atoms with Gasteiger partial charge in [0.25, 0.3) is 0 Å². The smallest absolute Gasteiger partial charge is 0.135 e. The summed E-state index contributed by atoms with van der Waals surface area (Å²) in [4.78, 5) is 7.89. The van der Waals surface area contributed by atoms with E-state index >= 15 is 0 Å². The molecule has 5 heteroatoms. The van der Waals surface area contributed by atoms with Crippen LogP contribution in [0.3, 0.4) is 0 Å². The van der Waals surface area contributed by atoms with Gasteiger partial charge in [0, 0.05) is 18.0 Å². The third-order valence-electron chi connectivity index (χ3n) is 1.80. The number of hydrogen-bond acceptors (Lipinski definition) is 2. The van der Waals surface area contributed by atoms with Gasteiger partial charge in [-0.25, -0.2) is 9.97 Å². The summed E-state index contributed by atoms with van der Waals surface area (Å²) in [7, 11) is 0. The zero-order chi connectivity index (χ0) is 9.97. The van der Waals surface area contributed by atoms with Crippen LogP contribution in [0.4, 0.5) is 0 Å². The van der Waals surface area contributed by atoms with Gasteiger partial charge in [0.05, 0.1) is 12.9 Å². The van der Waals surface area contributed by atoms with Crippen LogP contribution in [0.5, 0.6) is 0 Å². The van der Waals surface area contributed by atoms with E-state index in [0.717, 1.165) is 5.56 Å². The van der Waals surface area contributed by atoms with Crippen molar-refractivity contribution in [3.63, 3.8) is 0 Å². The first-order chi connectivity index (χ1) is 6.75. The molecule has 2 rings (SSSR count). The van der Waals surface area contributed by atoms with Crippen LogP contribution >= 0.6 is 23.2 Å². The molecule has 2 aromatic rings. The zero-order valence-electron chi connectivity index (χ0n) is 7.19. The Hall–Kier alpha value is -1.06. The topological polar surface area (TPSA) is 30.7 Å². The van der Waals surface area contributed by atoms with Crippen LogP contribution in [0, 0.1) is 0 Å². The van der Waals surface area contributed by atoms with Crippen LogP contribution in [-0.2, 0) is 6.54 Å². The molecule has 0 radical (unpaired) electrons. The van der Waals surface area contributed by atoms with Crippen LogP contribution in [0.1, 0.15) is 5.56 Å². The molecule has 0 amide bonds. The Labute approximate surface area is 91.3 Å². The fraction of sp³-hybridized carbons (Fsp3) is 0.111. The van der Waals surface area contributed by atoms with Crippen molar-refractivity contribution in [1.82, 2.24) is 14.5 Å². The van der Waals surface area contributed by atoms with E-state index in [1.165, 1.54) is 0 Å². The molecule has 0 N–H and O–H groups in total. The second-order valence-electron chi connectivity index (χ2n) is 2.82. The van der Waals surface area contributed by atoms with Crippen molar-refractivity contribution < 1.29 is 0 Å². The molecule has 2 aromatic heterocycles. The van der Waals surface area contributed by atoms with Crippen molar-refractivity contribution in [2.24, 2.45) is 0 Å². The van der Waals surface area contributed by atoms with Gasteiger partial charge >= 0.3 is 0 Å². The molecule has 72 valence electrons. The molecule has 0 bridgehead atoms. The summed E-state index contributed by atoms with van der Waals surface area (Å²) in [5, 5.41) is 0.843. The van der Waals surface area contributed by atoms with Gasteiger partial charge in [-0.1, -0.05) is 29.3 Å². The van der Waals surface area contributed by atoms with Crippen molar-refractivity contribution in [1.29, 1.82) is 0 Å². The minimum atomic E-state index is 0.407. The third-order valence-corrected chi connectivity index (χ3v) is 2.34. The first-order valence-electron chi connectivity index (χ1n) is 4.02. The molecule has 0 aliphatic carbocycles. The highest BCUT2D eigenvalue weighted by Gasteiger charge is 2.02. The Morgan fingerprint density at radius 1 is 1.29 bits per heavy atom. The van der Waals surface area contributed by atoms with Gasteiger partial charge in [0.1, 0.15) is 10.3 Å². The molecular weight excluding hydrogens is 221 g/mol. The Kier molecular flexibility index (Phi) is 2.70. The normalized spacial score (nSPS) is 10.4. The molecule has 0 saturated carbocycles. The lowest BCUT2D eigenvalue weighted by Crippen LogP contribution is -1.98. The highest BCUT2D eigenvalue weighted by atomic mass is 35.5. The SMILES string of the molecule is Clc1ccc(Cn2ccnc2)c(Cl)n1. The lowest BCUT2D eigenvalue weighted by molar-refractivity contribution is 0.793. The second-order valence-corrected chi connectivity index (χ2v) is 3.56. The number of halogens is 2. The lowest BCUT2D eigenvalue weighted by Gasteiger charge is -2.04. The maximum Gasteiger partial charge on any atom is 0.135 e. The Balaban J connectivity index is 2.25. The van der Waals surface area contributed by atoms with Crippen LogP contribution in [0.2, 0.25) is 10.3 Å². The summed E-state index contributed by atoms with van der Waals surface area (Å²) in [6.45, 7) is 0.656. The third kappa shape index (κ3) is 2.05. The van der Waals surface area contributed by atoms with E-state index in [1.807, 2.05) is 16.8 Å². The number of rotatable bonds is 2. The van der Waals surface area contributed by atoms with Gasteiger partial charge in [-0.2, -0.15) is 0 Å². The number of hydrogen-bond donors (Lipinski definition) is 0. The molecule has 2 heterocycles. The lowest BCUT2D eigenvalue weighted by atomic mass is 10.3. The molecule has 0 fully saturated rings. The van der Waals surface area contributed by atoms with Gasteiger partial charge in [0.15, 0.2) is 0 Å². The van der Waals surface area contributed by atoms with Crippen molar-refractivity contribution >= 4 is 23.2 Å². The van der Waals surface area contributed by atoms with Crippen molar-refractivity contribution in [2.45, 2.75) is 6.54 Å². The minimum absolute atomic E-state index is 0.407. The number of aromatic nitrogens is 3. The molecule has 0 aliphatic heterocycles. The maximum absolute atomic E-state index is 5.92. The van der Waals surface area contributed by atoms with Crippen LogP contribution in [-0.4, -0.2) is 14.5 Å². The standard InChI is InChI=1S/C9H7Cl2N3/c10-8-2-1-7(9(11)13-8)5-14-4-3-12-6-14/h1-4,6H,5H2. The fourth-order valence-corrected chi connectivity index (χ4v) is 1.54.